The van der Waals surface area contributed by atoms with Gasteiger partial charge in [0.05, 0.1) is 17.3 Å². The van der Waals surface area contributed by atoms with Crippen LogP contribution in [0.15, 0.2) is 33.8 Å². The van der Waals surface area contributed by atoms with E-state index < -0.39 is 29.9 Å². The number of carboxylic acid groups (broad SMARTS) is 1. The first-order valence-electron chi connectivity index (χ1n) is 9.50. The molecule has 2 rings (SSSR count). The van der Waals surface area contributed by atoms with E-state index in [0.717, 1.165) is 0 Å². The third kappa shape index (κ3) is 9.39. The molecule has 1 N–H and O–H groups in total. The van der Waals surface area contributed by atoms with Crippen molar-refractivity contribution in [2.24, 2.45) is 11.8 Å². The fourth-order valence-corrected chi connectivity index (χ4v) is 5.19. The summed E-state index contributed by atoms with van der Waals surface area (Å²) in [5, 5.41) is 22.4. The molecule has 0 amide bonds. The number of nitrogens with zero attached hydrogens (tertiary/aromatic N) is 1. The molecule has 1 saturated carbocycles. The number of hydrogen-bond acceptors (Lipinski definition) is 7. The van der Waals surface area contributed by atoms with Crippen LogP contribution in [0.3, 0.4) is 0 Å². The topological polar surface area (TPSA) is 90.3 Å². The molecule has 1 aromatic heterocycles. The van der Waals surface area contributed by atoms with Crippen molar-refractivity contribution in [3.63, 3.8) is 0 Å². The van der Waals surface area contributed by atoms with Gasteiger partial charge in [0.1, 0.15) is 5.78 Å². The van der Waals surface area contributed by atoms with Gasteiger partial charge in [-0.25, -0.2) is 9.37 Å². The van der Waals surface area contributed by atoms with Crippen molar-refractivity contribution in [3.8, 4) is 0 Å². The second-order valence-corrected chi connectivity index (χ2v) is 9.69. The Morgan fingerprint density at radius 2 is 2.16 bits per heavy atom. The van der Waals surface area contributed by atoms with E-state index in [-0.39, 0.29) is 65.7 Å². The quantitative estimate of drug-likeness (QED) is 0.287. The number of Topliss-reactive ketones (excluding diaryl/α,β-unsaturated/α-hetero) is 1. The number of carboxylic acids is 1. The first-order valence-corrected chi connectivity index (χ1v) is 11.4. The predicted molar refractivity (Wildman–Crippen MR) is 107 cm³/mol. The van der Waals surface area contributed by atoms with E-state index in [1.807, 2.05) is 6.08 Å². The molecule has 31 heavy (non-hydrogen) atoms. The van der Waals surface area contributed by atoms with Crippen molar-refractivity contribution in [2.75, 3.05) is 5.75 Å². The summed E-state index contributed by atoms with van der Waals surface area (Å²) < 4.78 is 37.8. The van der Waals surface area contributed by atoms with Gasteiger partial charge in [0.15, 0.2) is 10.2 Å². The van der Waals surface area contributed by atoms with Gasteiger partial charge < -0.3 is 15.0 Å². The summed E-state index contributed by atoms with van der Waals surface area (Å²) in [6.07, 6.45) is 2.53. The van der Waals surface area contributed by atoms with Gasteiger partial charge in [-0.2, -0.15) is 8.78 Å². The SMILES string of the molecule is CC(O)(CC=C[C@@H]1CCC(=O)[C@@H]1CCSc1nc(C(=O)[O-])cs1)CCC(F)=C(F)F.[Na+]. The molecule has 5 nitrogen and oxygen atoms in total. The number of thiazole rings is 1. The van der Waals surface area contributed by atoms with Gasteiger partial charge in [0.25, 0.3) is 0 Å². The number of aromatic carboxylic acids is 1. The monoisotopic (exact) mass is 485 g/mol. The maximum Gasteiger partial charge on any atom is 1.00 e. The maximum absolute atomic E-state index is 12.9. The predicted octanol–water partition coefficient (Wildman–Crippen LogP) is 1.14. The summed E-state index contributed by atoms with van der Waals surface area (Å²) in [5.74, 6) is -2.20. The minimum Gasteiger partial charge on any atom is -0.543 e. The van der Waals surface area contributed by atoms with Gasteiger partial charge in [0, 0.05) is 29.9 Å². The summed E-state index contributed by atoms with van der Waals surface area (Å²) in [6, 6.07) is 0. The van der Waals surface area contributed by atoms with Crippen LogP contribution in [0.5, 0.6) is 0 Å². The van der Waals surface area contributed by atoms with E-state index in [1.165, 1.54) is 35.4 Å². The molecule has 1 aliphatic carbocycles. The molecule has 0 aromatic carbocycles. The summed E-state index contributed by atoms with van der Waals surface area (Å²) >= 11 is 2.60. The zero-order chi connectivity index (χ0) is 22.3. The van der Waals surface area contributed by atoms with Crippen LogP contribution < -0.4 is 34.7 Å². The Hall–Kier alpha value is -0.650. The first kappa shape index (κ1) is 28.4. The molecule has 0 bridgehead atoms. The molecule has 1 fully saturated rings. The van der Waals surface area contributed by atoms with Crippen molar-refractivity contribution >= 4 is 34.9 Å². The zero-order valence-corrected chi connectivity index (χ0v) is 21.0. The maximum atomic E-state index is 12.9. The largest absolute Gasteiger partial charge is 1.00 e. The Labute approximate surface area is 209 Å². The van der Waals surface area contributed by atoms with Crippen molar-refractivity contribution in [3.05, 3.63) is 35.1 Å². The minimum atomic E-state index is -2.36. The van der Waals surface area contributed by atoms with Crippen molar-refractivity contribution in [1.29, 1.82) is 0 Å². The van der Waals surface area contributed by atoms with Gasteiger partial charge in [-0.3, -0.25) is 4.79 Å². The number of allylic oxidation sites excluding steroid dienone is 2. The zero-order valence-electron chi connectivity index (χ0n) is 17.4. The molecule has 0 saturated heterocycles. The Kier molecular flexibility index (Phi) is 12.0. The molecule has 166 valence electrons. The fraction of sp³-hybridized carbons (Fsp3) is 0.550. The standard InChI is InChI=1S/C20H24F3NO4S2.Na/c1-20(28,9-6-14(21)17(22)23)8-2-3-12-4-5-16(25)13(12)7-10-29-19-24-15(11-30-19)18(26)27;/h2-3,11-13,28H,4-10H2,1H3,(H,26,27);/q;+1/p-1/t12-,13-,20?;/m1./s1. The van der Waals surface area contributed by atoms with Crippen LogP contribution in [0.1, 0.15) is 55.9 Å². The molecule has 3 atom stereocenters. The van der Waals surface area contributed by atoms with Crippen LogP contribution in [0.25, 0.3) is 0 Å². The average molecular weight is 486 g/mol. The molecule has 1 unspecified atom stereocenters. The smallest absolute Gasteiger partial charge is 0.543 e. The Morgan fingerprint density at radius 1 is 1.45 bits per heavy atom. The van der Waals surface area contributed by atoms with Crippen LogP contribution in [-0.4, -0.2) is 33.2 Å². The number of thioether (sulfide) groups is 1. The van der Waals surface area contributed by atoms with Crippen molar-refractivity contribution in [2.45, 2.75) is 55.4 Å². The van der Waals surface area contributed by atoms with Crippen LogP contribution >= 0.6 is 23.1 Å². The normalized spacial score (nSPS) is 20.5. The molecule has 1 heterocycles. The van der Waals surface area contributed by atoms with Gasteiger partial charge >= 0.3 is 35.6 Å². The second kappa shape index (κ2) is 13.2. The number of ketones is 1. The molecule has 0 spiro atoms. The van der Waals surface area contributed by atoms with Gasteiger partial charge in [-0.1, -0.05) is 23.9 Å². The number of carbonyl (C=O) groups is 2. The van der Waals surface area contributed by atoms with Crippen LogP contribution in [0.2, 0.25) is 0 Å². The second-order valence-electron chi connectivity index (χ2n) is 7.49. The van der Waals surface area contributed by atoms with Gasteiger partial charge in [-0.15, -0.1) is 11.3 Å². The van der Waals surface area contributed by atoms with E-state index in [9.17, 15) is 33.0 Å². The number of aromatic nitrogens is 1. The number of halogens is 3. The molecular formula is C20H23F3NNaO4S2. The molecular weight excluding hydrogens is 462 g/mol. The van der Waals surface area contributed by atoms with Gasteiger partial charge in [-0.05, 0) is 38.5 Å². The number of rotatable bonds is 11. The fourth-order valence-electron chi connectivity index (χ4n) is 3.30. The molecule has 11 heteroatoms. The first-order chi connectivity index (χ1) is 14.1. The summed E-state index contributed by atoms with van der Waals surface area (Å²) in [7, 11) is 0. The number of aliphatic hydroxyl groups is 1. The Bertz CT molecular complexity index is 825. The van der Waals surface area contributed by atoms with E-state index in [0.29, 0.717) is 29.4 Å². The third-order valence-electron chi connectivity index (χ3n) is 5.03. The summed E-state index contributed by atoms with van der Waals surface area (Å²) in [6.45, 7) is 1.46. The van der Waals surface area contributed by atoms with E-state index in [4.69, 9.17) is 0 Å². The van der Waals surface area contributed by atoms with Crippen LogP contribution in [-0.2, 0) is 4.79 Å². The van der Waals surface area contributed by atoms with Crippen molar-refractivity contribution < 1.29 is 62.5 Å². The third-order valence-corrected chi connectivity index (χ3v) is 7.08. The molecule has 0 radical (unpaired) electrons. The Morgan fingerprint density at radius 3 is 2.77 bits per heavy atom. The minimum absolute atomic E-state index is 0. The molecule has 1 aromatic rings. The van der Waals surface area contributed by atoms with Crippen LogP contribution in [0.4, 0.5) is 13.2 Å². The summed E-state index contributed by atoms with van der Waals surface area (Å²) in [5.41, 5.74) is -1.42. The van der Waals surface area contributed by atoms with Gasteiger partial charge in [0.2, 0.25) is 0 Å². The Balaban J connectivity index is 0.00000480. The van der Waals surface area contributed by atoms with Crippen LogP contribution in [0, 0.1) is 11.8 Å². The molecule has 0 aliphatic heterocycles. The molecule has 1 aliphatic rings. The number of carbonyl (C=O) groups excluding carboxylic acids is 2. The number of hydrogen-bond donors (Lipinski definition) is 1. The van der Waals surface area contributed by atoms with E-state index in [2.05, 4.69) is 4.98 Å². The van der Waals surface area contributed by atoms with E-state index in [1.54, 1.807) is 6.08 Å². The average Bonchev–Trinajstić information content (AvgIpc) is 3.28. The van der Waals surface area contributed by atoms with E-state index >= 15 is 0 Å². The summed E-state index contributed by atoms with van der Waals surface area (Å²) in [4.78, 5) is 26.9. The van der Waals surface area contributed by atoms with Crippen molar-refractivity contribution in [1.82, 2.24) is 4.98 Å².